The van der Waals surface area contributed by atoms with Gasteiger partial charge in [0.15, 0.2) is 0 Å². The van der Waals surface area contributed by atoms with Gasteiger partial charge >= 0.3 is 0 Å². The van der Waals surface area contributed by atoms with Gasteiger partial charge in [-0.15, -0.1) is 0 Å². The zero-order valence-corrected chi connectivity index (χ0v) is 12.1. The van der Waals surface area contributed by atoms with Gasteiger partial charge in [-0.2, -0.15) is 5.10 Å². The molecule has 0 spiro atoms. The zero-order valence-electron chi connectivity index (χ0n) is 11.1. The standard InChI is InChI=1S/C12H24N2Si/c1-10(2)14-9-8-11(13-14)15(6,7)12(3,4)5/h8-10H,1-7H3. The topological polar surface area (TPSA) is 17.8 Å². The van der Waals surface area contributed by atoms with Crippen LogP contribution in [-0.2, 0) is 0 Å². The molecule has 2 nitrogen and oxygen atoms in total. The number of aromatic nitrogens is 2. The quantitative estimate of drug-likeness (QED) is 0.706. The summed E-state index contributed by atoms with van der Waals surface area (Å²) in [6.07, 6.45) is 2.11. The average molecular weight is 224 g/mol. The molecule has 86 valence electrons. The van der Waals surface area contributed by atoms with E-state index in [9.17, 15) is 0 Å². The molecule has 0 saturated carbocycles. The van der Waals surface area contributed by atoms with Crippen LogP contribution in [0.4, 0.5) is 0 Å². The lowest BCUT2D eigenvalue weighted by Crippen LogP contribution is -2.50. The molecule has 0 fully saturated rings. The van der Waals surface area contributed by atoms with Crippen molar-refractivity contribution in [1.82, 2.24) is 9.78 Å². The third-order valence-electron chi connectivity index (χ3n) is 3.65. The summed E-state index contributed by atoms with van der Waals surface area (Å²) >= 11 is 0. The molecule has 0 unspecified atom stereocenters. The molecule has 1 heterocycles. The second kappa shape index (κ2) is 3.78. The minimum atomic E-state index is -1.44. The Hall–Kier alpha value is -0.573. The van der Waals surface area contributed by atoms with Crippen LogP contribution in [0.5, 0.6) is 0 Å². The molecule has 0 amide bonds. The second-order valence-electron chi connectivity index (χ2n) is 6.15. The van der Waals surface area contributed by atoms with Gasteiger partial charge < -0.3 is 0 Å². The Morgan fingerprint density at radius 2 is 1.80 bits per heavy atom. The van der Waals surface area contributed by atoms with Crippen molar-refractivity contribution >= 4 is 13.4 Å². The summed E-state index contributed by atoms with van der Waals surface area (Å²) in [4.78, 5) is 0. The largest absolute Gasteiger partial charge is 0.270 e. The number of hydrogen-bond donors (Lipinski definition) is 0. The van der Waals surface area contributed by atoms with Gasteiger partial charge in [0.1, 0.15) is 8.07 Å². The van der Waals surface area contributed by atoms with Crippen LogP contribution in [0.15, 0.2) is 12.3 Å². The summed E-state index contributed by atoms with van der Waals surface area (Å²) in [5.41, 5.74) is 0. The monoisotopic (exact) mass is 224 g/mol. The Labute approximate surface area is 94.7 Å². The molecule has 1 aromatic heterocycles. The van der Waals surface area contributed by atoms with Crippen molar-refractivity contribution in [3.8, 4) is 0 Å². The minimum Gasteiger partial charge on any atom is -0.270 e. The highest BCUT2D eigenvalue weighted by atomic mass is 28.3. The normalized spacial score (nSPS) is 13.6. The van der Waals surface area contributed by atoms with E-state index in [4.69, 9.17) is 5.10 Å². The highest BCUT2D eigenvalue weighted by molar-refractivity contribution is 6.91. The Bertz CT molecular complexity index is 332. The van der Waals surface area contributed by atoms with E-state index < -0.39 is 8.07 Å². The third kappa shape index (κ3) is 2.33. The van der Waals surface area contributed by atoms with Crippen LogP contribution in [0, 0.1) is 0 Å². The van der Waals surface area contributed by atoms with Crippen LogP contribution < -0.4 is 5.32 Å². The van der Waals surface area contributed by atoms with E-state index in [2.05, 4.69) is 64.7 Å². The van der Waals surface area contributed by atoms with Crippen molar-refractivity contribution in [2.75, 3.05) is 0 Å². The van der Waals surface area contributed by atoms with Crippen molar-refractivity contribution in [1.29, 1.82) is 0 Å². The van der Waals surface area contributed by atoms with E-state index in [1.807, 2.05) is 0 Å². The molecule has 0 atom stereocenters. The Morgan fingerprint density at radius 3 is 2.13 bits per heavy atom. The second-order valence-corrected chi connectivity index (χ2v) is 11.4. The molecular weight excluding hydrogens is 200 g/mol. The van der Waals surface area contributed by atoms with Crippen molar-refractivity contribution in [2.45, 2.75) is 58.8 Å². The molecule has 0 saturated heterocycles. The molecule has 1 rings (SSSR count). The lowest BCUT2D eigenvalue weighted by molar-refractivity contribution is 0.535. The van der Waals surface area contributed by atoms with Crippen LogP contribution in [0.3, 0.4) is 0 Å². The Morgan fingerprint density at radius 1 is 1.27 bits per heavy atom. The molecule has 0 aromatic carbocycles. The molecule has 0 aliphatic carbocycles. The Balaban J connectivity index is 3.06. The molecular formula is C12H24N2Si. The summed E-state index contributed by atoms with van der Waals surface area (Å²) in [6, 6.07) is 2.67. The maximum Gasteiger partial charge on any atom is 0.112 e. The highest BCUT2D eigenvalue weighted by Crippen LogP contribution is 2.35. The fraction of sp³-hybridized carbons (Fsp3) is 0.750. The molecule has 0 bridgehead atoms. The molecule has 0 radical (unpaired) electrons. The summed E-state index contributed by atoms with van der Waals surface area (Å²) in [5.74, 6) is 0. The Kier molecular flexibility index (Phi) is 3.15. The van der Waals surface area contributed by atoms with Crippen molar-refractivity contribution in [3.05, 3.63) is 12.3 Å². The summed E-state index contributed by atoms with van der Waals surface area (Å²) in [7, 11) is -1.44. The van der Waals surface area contributed by atoms with Crippen molar-refractivity contribution in [2.24, 2.45) is 0 Å². The summed E-state index contributed by atoms with van der Waals surface area (Å²) < 4.78 is 2.07. The van der Waals surface area contributed by atoms with Gasteiger partial charge in [0.2, 0.25) is 0 Å². The van der Waals surface area contributed by atoms with E-state index in [0.29, 0.717) is 11.1 Å². The number of nitrogens with zero attached hydrogens (tertiary/aromatic N) is 2. The summed E-state index contributed by atoms with van der Waals surface area (Å²) in [5, 5.41) is 6.41. The van der Waals surface area contributed by atoms with Crippen molar-refractivity contribution in [3.63, 3.8) is 0 Å². The van der Waals surface area contributed by atoms with Gasteiger partial charge in [0.25, 0.3) is 0 Å². The first-order chi connectivity index (χ1) is 6.66. The van der Waals surface area contributed by atoms with Crippen LogP contribution in [-0.4, -0.2) is 17.9 Å². The highest BCUT2D eigenvalue weighted by Gasteiger charge is 2.38. The maximum absolute atomic E-state index is 4.73. The lowest BCUT2D eigenvalue weighted by Gasteiger charge is -2.35. The lowest BCUT2D eigenvalue weighted by atomic mass is 10.2. The van der Waals surface area contributed by atoms with Crippen LogP contribution >= 0.6 is 0 Å². The van der Waals surface area contributed by atoms with Crippen LogP contribution in [0.1, 0.15) is 40.7 Å². The first-order valence-corrected chi connectivity index (χ1v) is 8.72. The van der Waals surface area contributed by atoms with Gasteiger partial charge in [0.05, 0.1) is 0 Å². The van der Waals surface area contributed by atoms with E-state index in [1.165, 1.54) is 5.32 Å². The first-order valence-electron chi connectivity index (χ1n) is 5.72. The maximum atomic E-state index is 4.73. The molecule has 0 aliphatic heterocycles. The van der Waals surface area contributed by atoms with E-state index in [0.717, 1.165) is 0 Å². The smallest absolute Gasteiger partial charge is 0.112 e. The van der Waals surface area contributed by atoms with E-state index in [-0.39, 0.29) is 0 Å². The van der Waals surface area contributed by atoms with Gasteiger partial charge in [-0.05, 0) is 25.0 Å². The SMILES string of the molecule is CC(C)n1ccc([Si](C)(C)C(C)(C)C)n1. The fourth-order valence-electron chi connectivity index (χ4n) is 1.34. The van der Waals surface area contributed by atoms with Crippen LogP contribution in [0.25, 0.3) is 0 Å². The zero-order chi connectivity index (χ0) is 11.9. The van der Waals surface area contributed by atoms with Crippen molar-refractivity contribution < 1.29 is 0 Å². The first kappa shape index (κ1) is 12.5. The van der Waals surface area contributed by atoms with E-state index >= 15 is 0 Å². The summed E-state index contributed by atoms with van der Waals surface area (Å²) in [6.45, 7) is 16.1. The van der Waals surface area contributed by atoms with Gasteiger partial charge in [-0.25, -0.2) is 0 Å². The predicted molar refractivity (Wildman–Crippen MR) is 69.4 cm³/mol. The average Bonchev–Trinajstić information content (AvgIpc) is 2.49. The van der Waals surface area contributed by atoms with Crippen LogP contribution in [0.2, 0.25) is 18.1 Å². The van der Waals surface area contributed by atoms with Gasteiger partial charge in [0, 0.05) is 17.6 Å². The van der Waals surface area contributed by atoms with Gasteiger partial charge in [-0.1, -0.05) is 33.9 Å². The van der Waals surface area contributed by atoms with E-state index in [1.54, 1.807) is 0 Å². The fourth-order valence-corrected chi connectivity index (χ4v) is 2.97. The van der Waals surface area contributed by atoms with Gasteiger partial charge in [-0.3, -0.25) is 4.68 Å². The molecule has 0 N–H and O–H groups in total. The number of rotatable bonds is 2. The number of hydrogen-bond acceptors (Lipinski definition) is 1. The predicted octanol–water partition coefficient (Wildman–Crippen LogP) is 3.18. The molecule has 15 heavy (non-hydrogen) atoms. The third-order valence-corrected chi connectivity index (χ3v) is 8.95. The molecule has 3 heteroatoms. The molecule has 0 aliphatic rings. The minimum absolute atomic E-state index is 0.364. The molecule has 1 aromatic rings.